The summed E-state index contributed by atoms with van der Waals surface area (Å²) in [5, 5.41) is 18.3. The van der Waals surface area contributed by atoms with Gasteiger partial charge in [-0.05, 0) is 60.0 Å². The van der Waals surface area contributed by atoms with Crippen molar-refractivity contribution in [2.45, 2.75) is 25.6 Å². The Hall–Kier alpha value is -2.47. The van der Waals surface area contributed by atoms with Crippen LogP contribution in [0.25, 0.3) is 5.70 Å². The number of hydrogen-bond donors (Lipinski definition) is 3. The summed E-state index contributed by atoms with van der Waals surface area (Å²) in [5.41, 5.74) is 5.00. The highest BCUT2D eigenvalue weighted by molar-refractivity contribution is 9.10. The summed E-state index contributed by atoms with van der Waals surface area (Å²) < 4.78 is 6.57. The van der Waals surface area contributed by atoms with E-state index in [4.69, 9.17) is 16.3 Å². The molecule has 1 aliphatic heterocycles. The Kier molecular flexibility index (Phi) is 6.56. The first-order valence-electron chi connectivity index (χ1n) is 10.1. The van der Waals surface area contributed by atoms with Crippen molar-refractivity contribution >= 4 is 33.2 Å². The van der Waals surface area contributed by atoms with E-state index in [1.807, 2.05) is 18.2 Å². The molecular formula is C25H24BrClN2O2. The van der Waals surface area contributed by atoms with Gasteiger partial charge in [0, 0.05) is 26.3 Å². The fraction of sp³-hybridized carbons (Fsp3) is 0.200. The standard InChI is InChI=1S/C25H24BrClN2O2/c1-3-15-4-6-16(7-5-15)21-14-22(19-13-18(27)9-10-23(19)30)29-25(28-21)20-12-17(26)8-11-24(20)31-2/h4-14,22,25,28-30H,3H2,1-2H3. The predicted molar refractivity (Wildman–Crippen MR) is 129 cm³/mol. The second-order valence-electron chi connectivity index (χ2n) is 7.44. The van der Waals surface area contributed by atoms with Gasteiger partial charge in [-0.2, -0.15) is 0 Å². The number of aromatic hydroxyl groups is 1. The smallest absolute Gasteiger partial charge is 0.125 e. The molecule has 3 N–H and O–H groups in total. The maximum atomic E-state index is 10.5. The van der Waals surface area contributed by atoms with Gasteiger partial charge in [-0.25, -0.2) is 0 Å². The Bertz CT molecular complexity index is 1120. The Morgan fingerprint density at radius 2 is 1.81 bits per heavy atom. The molecular weight excluding hydrogens is 476 g/mol. The largest absolute Gasteiger partial charge is 0.508 e. The van der Waals surface area contributed by atoms with Gasteiger partial charge in [-0.3, -0.25) is 5.32 Å². The lowest BCUT2D eigenvalue weighted by Gasteiger charge is -2.34. The lowest BCUT2D eigenvalue weighted by molar-refractivity contribution is 0.379. The van der Waals surface area contributed by atoms with E-state index in [0.29, 0.717) is 5.02 Å². The van der Waals surface area contributed by atoms with Gasteiger partial charge < -0.3 is 15.2 Å². The SMILES string of the molecule is CCc1ccc(C2=CC(c3cc(Cl)ccc3O)NC(c3cc(Br)ccc3OC)N2)cc1. The molecule has 3 aromatic rings. The van der Waals surface area contributed by atoms with Gasteiger partial charge in [0.2, 0.25) is 0 Å². The molecule has 1 aliphatic rings. The molecule has 0 saturated carbocycles. The number of methoxy groups -OCH3 is 1. The first kappa shape index (κ1) is 21.8. The van der Waals surface area contributed by atoms with Crippen LogP contribution in [0.2, 0.25) is 5.02 Å². The summed E-state index contributed by atoms with van der Waals surface area (Å²) in [4.78, 5) is 0. The van der Waals surface area contributed by atoms with Gasteiger partial charge in [0.05, 0.1) is 13.2 Å². The van der Waals surface area contributed by atoms with E-state index >= 15 is 0 Å². The van der Waals surface area contributed by atoms with Gasteiger partial charge in [0.25, 0.3) is 0 Å². The van der Waals surface area contributed by atoms with E-state index < -0.39 is 0 Å². The normalized spacial score (nSPS) is 18.3. The van der Waals surface area contributed by atoms with Crippen molar-refractivity contribution in [3.05, 3.63) is 98.5 Å². The number of ether oxygens (including phenoxy) is 1. The topological polar surface area (TPSA) is 53.5 Å². The van der Waals surface area contributed by atoms with Crippen LogP contribution in [0.1, 0.15) is 41.4 Å². The fourth-order valence-corrected chi connectivity index (χ4v) is 4.35. The predicted octanol–water partition coefficient (Wildman–Crippen LogP) is 6.35. The Balaban J connectivity index is 1.80. The second kappa shape index (κ2) is 9.35. The van der Waals surface area contributed by atoms with Gasteiger partial charge in [0.1, 0.15) is 17.7 Å². The zero-order valence-corrected chi connectivity index (χ0v) is 19.7. The minimum atomic E-state index is -0.255. The van der Waals surface area contributed by atoms with Crippen LogP contribution in [0.3, 0.4) is 0 Å². The second-order valence-corrected chi connectivity index (χ2v) is 8.79. The molecule has 0 fully saturated rings. The van der Waals surface area contributed by atoms with Crippen molar-refractivity contribution < 1.29 is 9.84 Å². The van der Waals surface area contributed by atoms with Crippen LogP contribution in [0, 0.1) is 0 Å². The quantitative estimate of drug-likeness (QED) is 0.383. The van der Waals surface area contributed by atoms with Crippen molar-refractivity contribution in [2.75, 3.05) is 7.11 Å². The minimum absolute atomic E-state index is 0.195. The maximum absolute atomic E-state index is 10.5. The first-order chi connectivity index (χ1) is 15.0. The first-order valence-corrected chi connectivity index (χ1v) is 11.3. The molecule has 0 aliphatic carbocycles. The van der Waals surface area contributed by atoms with Gasteiger partial charge in [0.15, 0.2) is 0 Å². The molecule has 4 rings (SSSR count). The molecule has 0 amide bonds. The summed E-state index contributed by atoms with van der Waals surface area (Å²) in [5.74, 6) is 0.963. The third-order valence-electron chi connectivity index (χ3n) is 5.48. The highest BCUT2D eigenvalue weighted by Gasteiger charge is 2.27. The number of aryl methyl sites for hydroxylation is 1. The van der Waals surface area contributed by atoms with Gasteiger partial charge in [-0.1, -0.05) is 58.7 Å². The number of halogens is 2. The summed E-state index contributed by atoms with van der Waals surface area (Å²) in [6.45, 7) is 2.14. The molecule has 0 spiro atoms. The summed E-state index contributed by atoms with van der Waals surface area (Å²) in [6, 6.07) is 19.3. The number of nitrogens with one attached hydrogen (secondary N) is 2. The lowest BCUT2D eigenvalue weighted by Crippen LogP contribution is -2.39. The maximum Gasteiger partial charge on any atom is 0.125 e. The van der Waals surface area contributed by atoms with Crippen LogP contribution >= 0.6 is 27.5 Å². The number of rotatable bonds is 5. The lowest BCUT2D eigenvalue weighted by atomic mass is 9.97. The highest BCUT2D eigenvalue weighted by Crippen LogP contribution is 2.37. The van der Waals surface area contributed by atoms with E-state index in [2.05, 4.69) is 63.8 Å². The van der Waals surface area contributed by atoms with E-state index in [1.165, 1.54) is 5.56 Å². The molecule has 0 radical (unpaired) electrons. The Labute approximate surface area is 196 Å². The average molecular weight is 500 g/mol. The molecule has 6 heteroatoms. The van der Waals surface area contributed by atoms with Gasteiger partial charge in [-0.15, -0.1) is 0 Å². The van der Waals surface area contributed by atoms with E-state index in [-0.39, 0.29) is 18.0 Å². The van der Waals surface area contributed by atoms with Gasteiger partial charge >= 0.3 is 0 Å². The molecule has 1 heterocycles. The molecule has 2 atom stereocenters. The highest BCUT2D eigenvalue weighted by atomic mass is 79.9. The Morgan fingerprint density at radius 1 is 1.03 bits per heavy atom. The van der Waals surface area contributed by atoms with Crippen molar-refractivity contribution in [1.29, 1.82) is 0 Å². The third-order valence-corrected chi connectivity index (χ3v) is 6.21. The summed E-state index contributed by atoms with van der Waals surface area (Å²) in [7, 11) is 1.66. The molecule has 31 heavy (non-hydrogen) atoms. The number of phenolic OH excluding ortho intramolecular Hbond substituents is 1. The van der Waals surface area contributed by atoms with Crippen molar-refractivity contribution in [2.24, 2.45) is 0 Å². The summed E-state index contributed by atoms with van der Waals surface area (Å²) >= 11 is 9.81. The summed E-state index contributed by atoms with van der Waals surface area (Å²) in [6.07, 6.45) is 2.82. The molecule has 0 aromatic heterocycles. The molecule has 0 bridgehead atoms. The van der Waals surface area contributed by atoms with Crippen molar-refractivity contribution in [3.8, 4) is 11.5 Å². The van der Waals surface area contributed by atoms with Crippen LogP contribution in [0.4, 0.5) is 0 Å². The molecule has 4 nitrogen and oxygen atoms in total. The minimum Gasteiger partial charge on any atom is -0.508 e. The molecule has 0 saturated heterocycles. The number of phenols is 1. The number of hydrogen-bond acceptors (Lipinski definition) is 4. The third kappa shape index (κ3) is 4.74. The van der Waals surface area contributed by atoms with Crippen LogP contribution in [0.5, 0.6) is 11.5 Å². The number of benzene rings is 3. The van der Waals surface area contributed by atoms with Crippen LogP contribution in [0.15, 0.2) is 71.2 Å². The van der Waals surface area contributed by atoms with Crippen molar-refractivity contribution in [3.63, 3.8) is 0 Å². The van der Waals surface area contributed by atoms with Crippen molar-refractivity contribution in [1.82, 2.24) is 10.6 Å². The van der Waals surface area contributed by atoms with E-state index in [1.54, 1.807) is 25.3 Å². The van der Waals surface area contributed by atoms with E-state index in [9.17, 15) is 5.11 Å². The fourth-order valence-electron chi connectivity index (χ4n) is 3.79. The monoisotopic (exact) mass is 498 g/mol. The molecule has 3 aromatic carbocycles. The molecule has 160 valence electrons. The van der Waals surface area contributed by atoms with Crippen LogP contribution in [-0.4, -0.2) is 12.2 Å². The zero-order valence-electron chi connectivity index (χ0n) is 17.3. The molecule has 2 unspecified atom stereocenters. The van der Waals surface area contributed by atoms with Crippen LogP contribution < -0.4 is 15.4 Å². The Morgan fingerprint density at radius 3 is 2.52 bits per heavy atom. The van der Waals surface area contributed by atoms with E-state index in [0.717, 1.165) is 39.0 Å². The van der Waals surface area contributed by atoms with Crippen LogP contribution in [-0.2, 0) is 6.42 Å². The zero-order chi connectivity index (χ0) is 22.0. The average Bonchev–Trinajstić information content (AvgIpc) is 2.80.